The molecule has 0 saturated carbocycles. The molecule has 9 nitrogen and oxygen atoms in total. The van der Waals surface area contributed by atoms with Gasteiger partial charge >= 0.3 is 0 Å². The zero-order valence-corrected chi connectivity index (χ0v) is 17.6. The second-order valence-corrected chi connectivity index (χ2v) is 10.9. The van der Waals surface area contributed by atoms with E-state index >= 15 is 0 Å². The Hall–Kier alpha value is -2.93. The molecule has 12 heteroatoms. The third-order valence-electron chi connectivity index (χ3n) is 3.73. The first-order valence-corrected chi connectivity index (χ1v) is 12.4. The maximum atomic E-state index is 12.8. The summed E-state index contributed by atoms with van der Waals surface area (Å²) in [5.41, 5.74) is -0.455. The summed E-state index contributed by atoms with van der Waals surface area (Å²) in [7, 11) is -10.6. The van der Waals surface area contributed by atoms with E-state index in [1.807, 2.05) is 0 Å². The third kappa shape index (κ3) is 4.97. The van der Waals surface area contributed by atoms with Crippen molar-refractivity contribution in [2.75, 3.05) is 0 Å². The van der Waals surface area contributed by atoms with Gasteiger partial charge < -0.3 is 0 Å². The minimum atomic E-state index is -4.32. The maximum absolute atomic E-state index is 12.8. The Labute approximate surface area is 175 Å². The molecule has 0 radical (unpaired) electrons. The molecule has 1 atom stereocenters. The van der Waals surface area contributed by atoms with Crippen LogP contribution in [-0.2, 0) is 30.9 Å². The van der Waals surface area contributed by atoms with Gasteiger partial charge in [0.15, 0.2) is 0 Å². The van der Waals surface area contributed by atoms with Crippen molar-refractivity contribution in [3.8, 4) is 0 Å². The van der Waals surface area contributed by atoms with Crippen molar-refractivity contribution in [1.82, 2.24) is 4.13 Å². The molecule has 0 aliphatic carbocycles. The molecule has 0 heterocycles. The number of nitrogens with one attached hydrogen (secondary N) is 1. The Morgan fingerprint density at radius 2 is 1.27 bits per heavy atom. The fraction of sp³-hybridized carbons (Fsp3) is 0. The van der Waals surface area contributed by atoms with Crippen LogP contribution in [0.25, 0.3) is 0 Å². The summed E-state index contributed by atoms with van der Waals surface area (Å²) in [5.74, 6) is 0. The van der Waals surface area contributed by atoms with Gasteiger partial charge in [-0.3, -0.25) is 10.1 Å². The van der Waals surface area contributed by atoms with Crippen molar-refractivity contribution in [2.24, 2.45) is 3.77 Å². The van der Waals surface area contributed by atoms with Gasteiger partial charge in [0.1, 0.15) is 4.90 Å². The molecule has 0 aromatic heterocycles. The van der Waals surface area contributed by atoms with Crippen LogP contribution in [-0.4, -0.2) is 21.8 Å². The van der Waals surface area contributed by atoms with Crippen LogP contribution < -0.4 is 4.13 Å². The van der Waals surface area contributed by atoms with Crippen LogP contribution in [0.2, 0.25) is 0 Å². The van der Waals surface area contributed by atoms with Gasteiger partial charge in [-0.1, -0.05) is 48.5 Å². The van der Waals surface area contributed by atoms with Crippen molar-refractivity contribution >= 4 is 36.6 Å². The van der Waals surface area contributed by atoms with Crippen LogP contribution in [0.1, 0.15) is 0 Å². The molecule has 3 rings (SSSR count). The number of nitro groups is 1. The van der Waals surface area contributed by atoms with Gasteiger partial charge in [0.25, 0.3) is 25.7 Å². The minimum Gasteiger partial charge on any atom is -0.258 e. The Morgan fingerprint density at radius 1 is 0.767 bits per heavy atom. The average Bonchev–Trinajstić information content (AvgIpc) is 2.74. The van der Waals surface area contributed by atoms with Gasteiger partial charge in [-0.15, -0.1) is 7.90 Å². The average molecular weight is 466 g/mol. The quantitative estimate of drug-likeness (QED) is 0.421. The summed E-state index contributed by atoms with van der Waals surface area (Å²) in [5, 5.41) is 11.4. The van der Waals surface area contributed by atoms with Gasteiger partial charge in [0, 0.05) is 16.9 Å². The van der Waals surface area contributed by atoms with Crippen LogP contribution >= 0.6 is 0 Å². The fourth-order valence-electron chi connectivity index (χ4n) is 2.36. The van der Waals surface area contributed by atoms with Crippen LogP contribution in [0.5, 0.6) is 0 Å². The molecule has 0 aliphatic rings. The molecule has 0 spiro atoms. The second-order valence-electron chi connectivity index (χ2n) is 5.77. The van der Waals surface area contributed by atoms with E-state index in [4.69, 9.17) is 0 Å². The second kappa shape index (κ2) is 8.83. The van der Waals surface area contributed by atoms with Crippen molar-refractivity contribution < 1.29 is 21.8 Å². The van der Waals surface area contributed by atoms with Crippen molar-refractivity contribution in [2.45, 2.75) is 14.7 Å². The lowest BCUT2D eigenvalue weighted by Gasteiger charge is -2.12. The monoisotopic (exact) mass is 465 g/mol. The van der Waals surface area contributed by atoms with Crippen LogP contribution in [0, 0.1) is 10.1 Å². The van der Waals surface area contributed by atoms with Crippen LogP contribution in [0.3, 0.4) is 0 Å². The predicted octanol–water partition coefficient (Wildman–Crippen LogP) is 3.04. The summed E-state index contributed by atoms with van der Waals surface area (Å²) in [6.45, 7) is 0. The molecule has 1 N–H and O–H groups in total. The van der Waals surface area contributed by atoms with Crippen molar-refractivity contribution in [3.05, 3.63) is 95.0 Å². The summed E-state index contributed by atoms with van der Waals surface area (Å²) in [4.78, 5) is 10.2. The van der Waals surface area contributed by atoms with E-state index in [1.165, 1.54) is 66.7 Å². The van der Waals surface area contributed by atoms with Crippen molar-refractivity contribution in [1.29, 1.82) is 0 Å². The SMILES string of the molecule is O=[N+]([O-])c1ccccc1S(=NS(=O)(=O)c1ccccc1)NS(=O)(=O)c1ccccc1. The Kier molecular flexibility index (Phi) is 6.41. The van der Waals surface area contributed by atoms with E-state index in [-0.39, 0.29) is 14.7 Å². The molecule has 0 bridgehead atoms. The highest BCUT2D eigenvalue weighted by atomic mass is 32.3. The van der Waals surface area contributed by atoms with E-state index in [9.17, 15) is 26.9 Å². The van der Waals surface area contributed by atoms with E-state index in [0.29, 0.717) is 0 Å². The number of nitrogens with zero attached hydrogens (tertiary/aromatic N) is 2. The smallest absolute Gasteiger partial charge is 0.258 e. The summed E-state index contributed by atoms with van der Waals surface area (Å²) in [6.07, 6.45) is 0. The molecule has 3 aromatic carbocycles. The first-order chi connectivity index (χ1) is 14.2. The van der Waals surface area contributed by atoms with Gasteiger partial charge in [0.2, 0.25) is 0 Å². The molecule has 30 heavy (non-hydrogen) atoms. The standard InChI is InChI=1S/C18H15N3O6S3/c22-21(23)17-13-7-8-14-18(17)28(19-29(24,25)15-9-3-1-4-10-15)20-30(26,27)16-11-5-2-6-12-16/h1-14H,(H,19,20). The zero-order chi connectivity index (χ0) is 21.8. The van der Waals surface area contributed by atoms with E-state index in [2.05, 4.69) is 7.90 Å². The Bertz CT molecular complexity index is 1310. The van der Waals surface area contributed by atoms with Crippen LogP contribution in [0.4, 0.5) is 5.69 Å². The highest BCUT2D eigenvalue weighted by molar-refractivity contribution is 8.06. The van der Waals surface area contributed by atoms with Gasteiger partial charge in [-0.2, -0.15) is 8.42 Å². The topological polar surface area (TPSA) is 136 Å². The zero-order valence-electron chi connectivity index (χ0n) is 15.2. The maximum Gasteiger partial charge on any atom is 0.289 e. The Morgan fingerprint density at radius 3 is 1.83 bits per heavy atom. The first kappa shape index (κ1) is 21.8. The molecular formula is C18H15N3O6S3. The number of hydrogen-bond acceptors (Lipinski definition) is 6. The van der Waals surface area contributed by atoms with E-state index in [0.717, 1.165) is 6.07 Å². The summed E-state index contributed by atoms with van der Waals surface area (Å²) in [6, 6.07) is 19.6. The van der Waals surface area contributed by atoms with E-state index < -0.39 is 41.5 Å². The molecule has 0 aliphatic heterocycles. The van der Waals surface area contributed by atoms with Gasteiger partial charge in [0.05, 0.1) is 14.7 Å². The number of para-hydroxylation sites is 1. The molecule has 0 saturated heterocycles. The van der Waals surface area contributed by atoms with Gasteiger partial charge in [-0.05, 0) is 30.3 Å². The fourth-order valence-corrected chi connectivity index (χ4v) is 7.34. The molecule has 156 valence electrons. The number of hydrogen-bond donors (Lipinski definition) is 1. The molecule has 0 fully saturated rings. The largest absolute Gasteiger partial charge is 0.289 e. The number of benzene rings is 3. The van der Waals surface area contributed by atoms with Crippen LogP contribution in [0.15, 0.2) is 103 Å². The highest BCUT2D eigenvalue weighted by Gasteiger charge is 2.25. The molecule has 0 amide bonds. The van der Waals surface area contributed by atoms with E-state index in [1.54, 1.807) is 12.1 Å². The summed E-state index contributed by atoms with van der Waals surface area (Å²) < 4.78 is 57.0. The third-order valence-corrected chi connectivity index (χ3v) is 9.14. The molecular weight excluding hydrogens is 450 g/mol. The summed E-state index contributed by atoms with van der Waals surface area (Å²) >= 11 is 0. The number of sulfonamides is 2. The normalized spacial score (nSPS) is 13.1. The number of rotatable bonds is 7. The lowest BCUT2D eigenvalue weighted by Crippen LogP contribution is -2.27. The molecule has 1 unspecified atom stereocenters. The minimum absolute atomic E-state index is 0.131. The Balaban J connectivity index is 2.19. The lowest BCUT2D eigenvalue weighted by atomic mass is 10.3. The highest BCUT2D eigenvalue weighted by Crippen LogP contribution is 2.25. The lowest BCUT2D eigenvalue weighted by molar-refractivity contribution is -0.387. The number of nitro benzene ring substituents is 1. The predicted molar refractivity (Wildman–Crippen MR) is 112 cm³/mol. The molecule has 3 aromatic rings. The van der Waals surface area contributed by atoms with Gasteiger partial charge in [-0.25, -0.2) is 8.42 Å². The first-order valence-electron chi connectivity index (χ1n) is 8.29. The van der Waals surface area contributed by atoms with Crippen molar-refractivity contribution in [3.63, 3.8) is 0 Å².